The third kappa shape index (κ3) is 1.73. The van der Waals surface area contributed by atoms with Crippen LogP contribution in [0.4, 0.5) is 0 Å². The predicted molar refractivity (Wildman–Crippen MR) is 60.7 cm³/mol. The molecule has 3 heteroatoms. The summed E-state index contributed by atoms with van der Waals surface area (Å²) in [7, 11) is 0. The highest BCUT2D eigenvalue weighted by molar-refractivity contribution is 6.09. The zero-order valence-electron chi connectivity index (χ0n) is 9.56. The van der Waals surface area contributed by atoms with Crippen LogP contribution >= 0.6 is 0 Å². The fourth-order valence-corrected chi connectivity index (χ4v) is 1.96. The van der Waals surface area contributed by atoms with Gasteiger partial charge in [-0.2, -0.15) is 0 Å². The third-order valence-corrected chi connectivity index (χ3v) is 3.15. The molecule has 0 bridgehead atoms. The number of nitrogens with zero attached hydrogens (tertiary/aromatic N) is 1. The van der Waals surface area contributed by atoms with Crippen LogP contribution in [0.2, 0.25) is 0 Å². The van der Waals surface area contributed by atoms with Crippen LogP contribution in [0.5, 0.6) is 0 Å². The van der Waals surface area contributed by atoms with Gasteiger partial charge < -0.3 is 4.90 Å². The summed E-state index contributed by atoms with van der Waals surface area (Å²) in [6.45, 7) is 4.13. The molecule has 0 spiro atoms. The first-order valence-corrected chi connectivity index (χ1v) is 5.39. The summed E-state index contributed by atoms with van der Waals surface area (Å²) in [5.74, 6) is -0.0627. The Labute approximate surface area is 95.1 Å². The SMILES string of the molecule is CC1(C)C(=O)CC(=O)N1Cc1ccccc1. The fraction of sp³-hybridized carbons (Fsp3) is 0.385. The Bertz CT molecular complexity index is 423. The summed E-state index contributed by atoms with van der Waals surface area (Å²) in [6, 6.07) is 9.74. The molecular formula is C13H15NO2. The number of likely N-dealkylation sites (tertiary alicyclic amines) is 1. The Morgan fingerprint density at radius 3 is 2.31 bits per heavy atom. The lowest BCUT2D eigenvalue weighted by Gasteiger charge is -2.30. The molecule has 3 nitrogen and oxygen atoms in total. The van der Waals surface area contributed by atoms with Gasteiger partial charge in [-0.3, -0.25) is 9.59 Å². The van der Waals surface area contributed by atoms with Crippen molar-refractivity contribution in [3.8, 4) is 0 Å². The summed E-state index contributed by atoms with van der Waals surface area (Å²) in [4.78, 5) is 25.0. The van der Waals surface area contributed by atoms with Crippen LogP contribution in [-0.2, 0) is 16.1 Å². The second-order valence-electron chi connectivity index (χ2n) is 4.62. The Morgan fingerprint density at radius 2 is 1.81 bits per heavy atom. The molecule has 0 N–H and O–H groups in total. The van der Waals surface area contributed by atoms with Crippen LogP contribution < -0.4 is 0 Å². The lowest BCUT2D eigenvalue weighted by atomic mass is 10.00. The van der Waals surface area contributed by atoms with Crippen LogP contribution in [-0.4, -0.2) is 22.1 Å². The van der Waals surface area contributed by atoms with Gasteiger partial charge >= 0.3 is 0 Å². The number of benzene rings is 1. The quantitative estimate of drug-likeness (QED) is 0.708. The maximum absolute atomic E-state index is 11.7. The van der Waals surface area contributed by atoms with Gasteiger partial charge in [0.1, 0.15) is 0 Å². The minimum absolute atomic E-state index is 0.00781. The van der Waals surface area contributed by atoms with Gasteiger partial charge in [-0.1, -0.05) is 30.3 Å². The smallest absolute Gasteiger partial charge is 0.231 e. The minimum atomic E-state index is -0.660. The largest absolute Gasteiger partial charge is 0.326 e. The van der Waals surface area contributed by atoms with Crippen molar-refractivity contribution in [1.29, 1.82) is 0 Å². The normalized spacial score (nSPS) is 19.2. The van der Waals surface area contributed by atoms with Gasteiger partial charge in [0.2, 0.25) is 5.91 Å². The topological polar surface area (TPSA) is 37.4 Å². The Hall–Kier alpha value is -1.64. The van der Waals surface area contributed by atoms with E-state index in [2.05, 4.69) is 0 Å². The van der Waals surface area contributed by atoms with Crippen molar-refractivity contribution in [2.45, 2.75) is 32.4 Å². The van der Waals surface area contributed by atoms with Crippen molar-refractivity contribution in [3.63, 3.8) is 0 Å². The summed E-state index contributed by atoms with van der Waals surface area (Å²) in [5, 5.41) is 0. The van der Waals surface area contributed by atoms with E-state index in [1.165, 1.54) is 0 Å². The maximum Gasteiger partial charge on any atom is 0.231 e. The second-order valence-corrected chi connectivity index (χ2v) is 4.62. The molecule has 0 aliphatic carbocycles. The van der Waals surface area contributed by atoms with Gasteiger partial charge in [-0.05, 0) is 19.4 Å². The molecule has 0 unspecified atom stereocenters. The van der Waals surface area contributed by atoms with E-state index < -0.39 is 5.54 Å². The van der Waals surface area contributed by atoms with Crippen LogP contribution in [0.25, 0.3) is 0 Å². The van der Waals surface area contributed by atoms with E-state index in [1.54, 1.807) is 4.90 Å². The molecule has 2 rings (SSSR count). The van der Waals surface area contributed by atoms with E-state index in [9.17, 15) is 9.59 Å². The fourth-order valence-electron chi connectivity index (χ4n) is 1.96. The van der Waals surface area contributed by atoms with E-state index in [0.717, 1.165) is 5.56 Å². The molecule has 16 heavy (non-hydrogen) atoms. The van der Waals surface area contributed by atoms with E-state index in [1.807, 2.05) is 44.2 Å². The first-order chi connectivity index (χ1) is 7.51. The van der Waals surface area contributed by atoms with Crippen LogP contribution in [0.15, 0.2) is 30.3 Å². The highest BCUT2D eigenvalue weighted by atomic mass is 16.2. The maximum atomic E-state index is 11.7. The standard InChI is InChI=1S/C13H15NO2/c1-13(2)11(15)8-12(16)14(13)9-10-6-4-3-5-7-10/h3-7H,8-9H2,1-2H3. The third-order valence-electron chi connectivity index (χ3n) is 3.15. The average molecular weight is 217 g/mol. The number of amides is 1. The highest BCUT2D eigenvalue weighted by Gasteiger charge is 2.44. The van der Waals surface area contributed by atoms with Crippen molar-refractivity contribution in [3.05, 3.63) is 35.9 Å². The lowest BCUT2D eigenvalue weighted by Crippen LogP contribution is -2.43. The summed E-state index contributed by atoms with van der Waals surface area (Å²) in [6.07, 6.45) is 0.0415. The number of carbonyl (C=O) groups is 2. The van der Waals surface area contributed by atoms with E-state index >= 15 is 0 Å². The van der Waals surface area contributed by atoms with E-state index in [-0.39, 0.29) is 18.1 Å². The average Bonchev–Trinajstić information content (AvgIpc) is 2.43. The number of hydrogen-bond donors (Lipinski definition) is 0. The van der Waals surface area contributed by atoms with Crippen molar-refractivity contribution < 1.29 is 9.59 Å². The molecule has 1 heterocycles. The van der Waals surface area contributed by atoms with Crippen molar-refractivity contribution in [2.75, 3.05) is 0 Å². The molecule has 1 fully saturated rings. The van der Waals surface area contributed by atoms with Crippen LogP contribution in [0, 0.1) is 0 Å². The van der Waals surface area contributed by atoms with Gasteiger partial charge in [-0.25, -0.2) is 0 Å². The Morgan fingerprint density at radius 1 is 1.19 bits per heavy atom. The Kier molecular flexibility index (Phi) is 2.54. The van der Waals surface area contributed by atoms with Gasteiger partial charge in [0.25, 0.3) is 0 Å². The number of ketones is 1. The minimum Gasteiger partial charge on any atom is -0.326 e. The van der Waals surface area contributed by atoms with Crippen molar-refractivity contribution >= 4 is 11.7 Å². The summed E-state index contributed by atoms with van der Waals surface area (Å²) in [5.41, 5.74) is 0.394. The molecule has 0 atom stereocenters. The first kappa shape index (κ1) is 10.9. The Balaban J connectivity index is 2.22. The zero-order valence-corrected chi connectivity index (χ0v) is 9.56. The van der Waals surface area contributed by atoms with Crippen LogP contribution in [0.1, 0.15) is 25.8 Å². The molecule has 1 saturated heterocycles. The molecule has 84 valence electrons. The molecule has 1 amide bonds. The predicted octanol–water partition coefficient (Wildman–Crippen LogP) is 1.77. The van der Waals surface area contributed by atoms with E-state index in [4.69, 9.17) is 0 Å². The monoisotopic (exact) mass is 217 g/mol. The molecule has 1 aliphatic heterocycles. The van der Waals surface area contributed by atoms with Crippen LogP contribution in [0.3, 0.4) is 0 Å². The van der Waals surface area contributed by atoms with Gasteiger partial charge in [0.05, 0.1) is 12.0 Å². The number of Topliss-reactive ketones (excluding diaryl/α,β-unsaturated/α-hetero) is 1. The molecular weight excluding hydrogens is 202 g/mol. The summed E-state index contributed by atoms with van der Waals surface area (Å²) >= 11 is 0. The van der Waals surface area contributed by atoms with E-state index in [0.29, 0.717) is 6.54 Å². The molecule has 1 aliphatic rings. The summed E-state index contributed by atoms with van der Waals surface area (Å²) < 4.78 is 0. The van der Waals surface area contributed by atoms with Gasteiger partial charge in [0, 0.05) is 6.54 Å². The number of rotatable bonds is 2. The van der Waals surface area contributed by atoms with Crippen molar-refractivity contribution in [2.24, 2.45) is 0 Å². The molecule has 1 aromatic carbocycles. The van der Waals surface area contributed by atoms with Gasteiger partial charge in [-0.15, -0.1) is 0 Å². The number of hydrogen-bond acceptors (Lipinski definition) is 2. The molecule has 0 saturated carbocycles. The molecule has 0 aromatic heterocycles. The molecule has 1 aromatic rings. The lowest BCUT2D eigenvalue weighted by molar-refractivity contribution is -0.132. The van der Waals surface area contributed by atoms with Gasteiger partial charge in [0.15, 0.2) is 5.78 Å². The first-order valence-electron chi connectivity index (χ1n) is 5.39. The van der Waals surface area contributed by atoms with Crippen molar-refractivity contribution in [1.82, 2.24) is 4.90 Å². The second kappa shape index (κ2) is 3.74. The zero-order chi connectivity index (χ0) is 11.8. The number of carbonyl (C=O) groups excluding carboxylic acids is 2. The highest BCUT2D eigenvalue weighted by Crippen LogP contribution is 2.27. The molecule has 0 radical (unpaired) electrons.